The third-order valence-corrected chi connectivity index (χ3v) is 5.50. The molecule has 1 aromatic carbocycles. The minimum atomic E-state index is -1.86. The van der Waals surface area contributed by atoms with Crippen molar-refractivity contribution in [2.24, 2.45) is 0 Å². The zero-order chi connectivity index (χ0) is 25.0. The number of phenolic OH excluding ortho intramolecular Hbond substituents is 1. The van der Waals surface area contributed by atoms with E-state index >= 15 is 0 Å². The number of esters is 1. The number of phenols is 1. The van der Waals surface area contributed by atoms with E-state index in [1.54, 1.807) is 12.1 Å². The first kappa shape index (κ1) is 26.4. The molecule has 0 amide bonds. The lowest BCUT2D eigenvalue weighted by Crippen LogP contribution is -2.64. The summed E-state index contributed by atoms with van der Waals surface area (Å²) in [5.74, 6) is -0.735. The highest BCUT2D eigenvalue weighted by molar-refractivity contribution is 5.87. The quantitative estimate of drug-likeness (QED) is 0.139. The van der Waals surface area contributed by atoms with E-state index in [0.29, 0.717) is 5.56 Å². The zero-order valence-electron chi connectivity index (χ0n) is 17.8. The summed E-state index contributed by atoms with van der Waals surface area (Å²) >= 11 is 0. The normalized spacial score (nSPS) is 38.7. The Morgan fingerprint density at radius 1 is 0.882 bits per heavy atom. The van der Waals surface area contributed by atoms with E-state index < -0.39 is 80.6 Å². The summed E-state index contributed by atoms with van der Waals surface area (Å²) in [5, 5.41) is 79.1. The monoisotopic (exact) mass is 488 g/mol. The van der Waals surface area contributed by atoms with Crippen LogP contribution in [-0.4, -0.2) is 121 Å². The molecule has 2 aliphatic rings. The number of hydrogen-bond acceptors (Lipinski definition) is 13. The maximum atomic E-state index is 11.9. The highest BCUT2D eigenvalue weighted by Crippen LogP contribution is 2.28. The molecule has 0 radical (unpaired) electrons. The predicted molar refractivity (Wildman–Crippen MR) is 110 cm³/mol. The van der Waals surface area contributed by atoms with Gasteiger partial charge in [0.25, 0.3) is 0 Å². The fourth-order valence-electron chi connectivity index (χ4n) is 3.50. The van der Waals surface area contributed by atoms with Crippen molar-refractivity contribution in [3.8, 4) is 5.75 Å². The van der Waals surface area contributed by atoms with Crippen molar-refractivity contribution < 1.29 is 64.6 Å². The van der Waals surface area contributed by atoms with Crippen LogP contribution < -0.4 is 0 Å². The van der Waals surface area contributed by atoms with E-state index in [2.05, 4.69) is 0 Å². The van der Waals surface area contributed by atoms with Crippen molar-refractivity contribution in [3.63, 3.8) is 0 Å². The van der Waals surface area contributed by atoms with Gasteiger partial charge in [-0.2, -0.15) is 0 Å². The Kier molecular flexibility index (Phi) is 8.95. The fraction of sp³-hybridized carbons (Fsp3) is 0.571. The van der Waals surface area contributed by atoms with Gasteiger partial charge in [-0.15, -0.1) is 0 Å². The molecule has 8 N–H and O–H groups in total. The summed E-state index contributed by atoms with van der Waals surface area (Å²) in [4.78, 5) is 11.9. The molecule has 0 spiro atoms. The van der Waals surface area contributed by atoms with Gasteiger partial charge in [-0.1, -0.05) is 12.1 Å². The number of hydrogen-bond donors (Lipinski definition) is 8. The van der Waals surface area contributed by atoms with Crippen LogP contribution in [0.5, 0.6) is 5.75 Å². The van der Waals surface area contributed by atoms with Crippen molar-refractivity contribution in [1.82, 2.24) is 0 Å². The van der Waals surface area contributed by atoms with Crippen LogP contribution in [0.3, 0.4) is 0 Å². The van der Waals surface area contributed by atoms with Gasteiger partial charge in [-0.25, -0.2) is 4.79 Å². The number of carbonyl (C=O) groups is 1. The molecule has 0 bridgehead atoms. The number of aliphatic hydroxyl groups is 7. The van der Waals surface area contributed by atoms with E-state index in [0.717, 1.165) is 6.08 Å². The molecule has 0 aromatic heterocycles. The van der Waals surface area contributed by atoms with Crippen LogP contribution in [0.2, 0.25) is 0 Å². The molecule has 13 heteroatoms. The van der Waals surface area contributed by atoms with E-state index in [1.807, 2.05) is 0 Å². The van der Waals surface area contributed by atoms with Gasteiger partial charge >= 0.3 is 5.97 Å². The molecular weight excluding hydrogens is 460 g/mol. The summed E-state index contributed by atoms with van der Waals surface area (Å²) < 4.78 is 20.6. The summed E-state index contributed by atoms with van der Waals surface area (Å²) in [6.45, 7) is -1.24. The third-order valence-electron chi connectivity index (χ3n) is 5.50. The van der Waals surface area contributed by atoms with Crippen LogP contribution in [0.25, 0.3) is 6.08 Å². The minimum absolute atomic E-state index is 0.0640. The SMILES string of the molecule is O=C(/C=C/c1ccc(O)cc1)OCC1OC(O)C(OC2OC(CO)C(O)C(O)C2O)C(O)C1O. The van der Waals surface area contributed by atoms with Gasteiger partial charge in [0.15, 0.2) is 12.6 Å². The Hall–Kier alpha value is -2.17. The lowest BCUT2D eigenvalue weighted by Gasteiger charge is -2.45. The largest absolute Gasteiger partial charge is 0.508 e. The summed E-state index contributed by atoms with van der Waals surface area (Å²) in [6, 6.07) is 6.00. The molecule has 1 aromatic rings. The van der Waals surface area contributed by atoms with Crippen LogP contribution in [0.15, 0.2) is 30.3 Å². The van der Waals surface area contributed by atoms with Crippen molar-refractivity contribution >= 4 is 12.0 Å². The number of aromatic hydroxyl groups is 1. The van der Waals surface area contributed by atoms with Crippen LogP contribution >= 0.6 is 0 Å². The molecule has 3 rings (SSSR count). The zero-order valence-corrected chi connectivity index (χ0v) is 17.8. The molecule has 34 heavy (non-hydrogen) atoms. The molecule has 2 heterocycles. The van der Waals surface area contributed by atoms with E-state index in [9.17, 15) is 45.6 Å². The van der Waals surface area contributed by atoms with Gasteiger partial charge in [0.1, 0.15) is 61.2 Å². The lowest BCUT2D eigenvalue weighted by molar-refractivity contribution is -0.361. The Labute approximate surface area is 193 Å². The first-order chi connectivity index (χ1) is 16.1. The highest BCUT2D eigenvalue weighted by atomic mass is 16.7. The third kappa shape index (κ3) is 6.09. The second-order valence-corrected chi connectivity index (χ2v) is 7.90. The Balaban J connectivity index is 1.54. The Morgan fingerprint density at radius 2 is 1.53 bits per heavy atom. The Bertz CT molecular complexity index is 828. The highest BCUT2D eigenvalue weighted by Gasteiger charge is 2.50. The second kappa shape index (κ2) is 11.5. The summed E-state index contributed by atoms with van der Waals surface area (Å²) in [6.07, 6.45) is -13.9. The van der Waals surface area contributed by atoms with Crippen molar-refractivity contribution in [3.05, 3.63) is 35.9 Å². The molecule has 10 atom stereocenters. The number of benzene rings is 1. The molecule has 2 aliphatic heterocycles. The number of ether oxygens (including phenoxy) is 4. The molecule has 0 aliphatic carbocycles. The van der Waals surface area contributed by atoms with Gasteiger partial charge < -0.3 is 59.8 Å². The topological polar surface area (TPSA) is 216 Å². The molecule has 2 fully saturated rings. The van der Waals surface area contributed by atoms with Crippen molar-refractivity contribution in [2.45, 2.75) is 61.4 Å². The van der Waals surface area contributed by atoms with E-state index in [-0.39, 0.29) is 5.75 Å². The molecule has 190 valence electrons. The van der Waals surface area contributed by atoms with Gasteiger partial charge in [0.05, 0.1) is 6.61 Å². The van der Waals surface area contributed by atoms with Crippen LogP contribution in [0.1, 0.15) is 5.56 Å². The standard InChI is InChI=1S/C21H28O13/c22-7-11-14(25)16(27)18(29)21(33-11)34-19-17(28)15(26)12(32-20(19)30)8-31-13(24)6-3-9-1-4-10(23)5-2-9/h1-6,11-12,14-23,25-30H,7-8H2/b6-3+. The van der Waals surface area contributed by atoms with Crippen LogP contribution in [0.4, 0.5) is 0 Å². The molecular formula is C21H28O13. The van der Waals surface area contributed by atoms with Crippen molar-refractivity contribution in [1.29, 1.82) is 0 Å². The van der Waals surface area contributed by atoms with E-state index in [4.69, 9.17) is 18.9 Å². The van der Waals surface area contributed by atoms with Gasteiger partial charge in [0, 0.05) is 6.08 Å². The van der Waals surface area contributed by atoms with E-state index in [1.165, 1.54) is 18.2 Å². The molecule has 10 unspecified atom stereocenters. The van der Waals surface area contributed by atoms with Crippen LogP contribution in [-0.2, 0) is 23.7 Å². The molecule has 13 nitrogen and oxygen atoms in total. The number of aliphatic hydroxyl groups excluding tert-OH is 7. The average Bonchev–Trinajstić information content (AvgIpc) is 2.82. The number of carbonyl (C=O) groups excluding carboxylic acids is 1. The first-order valence-corrected chi connectivity index (χ1v) is 10.4. The number of rotatable bonds is 7. The van der Waals surface area contributed by atoms with Gasteiger partial charge in [-0.3, -0.25) is 0 Å². The molecule has 2 saturated heterocycles. The summed E-state index contributed by atoms with van der Waals surface area (Å²) in [7, 11) is 0. The first-order valence-electron chi connectivity index (χ1n) is 10.4. The minimum Gasteiger partial charge on any atom is -0.508 e. The smallest absolute Gasteiger partial charge is 0.330 e. The summed E-state index contributed by atoms with van der Waals surface area (Å²) in [5.41, 5.74) is 0.614. The fourth-order valence-corrected chi connectivity index (χ4v) is 3.50. The lowest BCUT2D eigenvalue weighted by atomic mass is 9.97. The predicted octanol–water partition coefficient (Wildman–Crippen LogP) is -3.43. The Morgan fingerprint density at radius 3 is 2.18 bits per heavy atom. The van der Waals surface area contributed by atoms with Crippen LogP contribution in [0, 0.1) is 0 Å². The average molecular weight is 488 g/mol. The van der Waals surface area contributed by atoms with Gasteiger partial charge in [0.2, 0.25) is 0 Å². The maximum Gasteiger partial charge on any atom is 0.330 e. The second-order valence-electron chi connectivity index (χ2n) is 7.90. The molecule has 0 saturated carbocycles. The van der Waals surface area contributed by atoms with Gasteiger partial charge in [-0.05, 0) is 23.8 Å². The maximum absolute atomic E-state index is 11.9. The van der Waals surface area contributed by atoms with Crippen molar-refractivity contribution in [2.75, 3.05) is 13.2 Å².